The number of aryl methyl sites for hydroxylation is 1. The van der Waals surface area contributed by atoms with Gasteiger partial charge < -0.3 is 5.73 Å². The van der Waals surface area contributed by atoms with Crippen LogP contribution in [0.3, 0.4) is 0 Å². The number of anilines is 1. The van der Waals surface area contributed by atoms with Crippen molar-refractivity contribution in [3.63, 3.8) is 0 Å². The van der Waals surface area contributed by atoms with E-state index in [1.54, 1.807) is 19.3 Å². The monoisotopic (exact) mass is 225 g/mol. The van der Waals surface area contributed by atoms with Crippen LogP contribution >= 0.6 is 11.6 Å². The molecule has 1 aromatic carbocycles. The normalized spacial score (nSPS) is 10.6. The maximum atomic E-state index is 13.2. The molecule has 0 aliphatic rings. The summed E-state index contributed by atoms with van der Waals surface area (Å²) in [6.07, 6.45) is 1.60. The van der Waals surface area contributed by atoms with Crippen molar-refractivity contribution in [1.82, 2.24) is 9.78 Å². The first-order valence-electron chi connectivity index (χ1n) is 4.32. The molecule has 78 valence electrons. The van der Waals surface area contributed by atoms with Crippen molar-refractivity contribution in [2.75, 3.05) is 5.73 Å². The third kappa shape index (κ3) is 1.68. The van der Waals surface area contributed by atoms with E-state index in [9.17, 15) is 4.39 Å². The Bertz CT molecular complexity index is 507. The van der Waals surface area contributed by atoms with E-state index in [0.717, 1.165) is 0 Å². The van der Waals surface area contributed by atoms with Crippen LogP contribution < -0.4 is 5.73 Å². The molecule has 1 heterocycles. The van der Waals surface area contributed by atoms with Crippen LogP contribution in [-0.2, 0) is 7.05 Å². The van der Waals surface area contributed by atoms with Crippen molar-refractivity contribution in [3.05, 3.63) is 35.2 Å². The molecule has 0 saturated heterocycles. The number of hydrogen-bond donors (Lipinski definition) is 1. The summed E-state index contributed by atoms with van der Waals surface area (Å²) < 4.78 is 14.7. The van der Waals surface area contributed by atoms with Crippen LogP contribution in [0.1, 0.15) is 0 Å². The van der Waals surface area contributed by atoms with Crippen LogP contribution in [0.4, 0.5) is 10.2 Å². The summed E-state index contributed by atoms with van der Waals surface area (Å²) in [6, 6.07) is 4.55. The van der Waals surface area contributed by atoms with E-state index in [-0.39, 0.29) is 5.02 Å². The maximum absolute atomic E-state index is 13.2. The second-order valence-electron chi connectivity index (χ2n) is 3.20. The van der Waals surface area contributed by atoms with Gasteiger partial charge in [0.1, 0.15) is 11.6 Å². The third-order valence-corrected chi connectivity index (χ3v) is 2.52. The average molecular weight is 226 g/mol. The van der Waals surface area contributed by atoms with Crippen molar-refractivity contribution in [3.8, 4) is 11.1 Å². The van der Waals surface area contributed by atoms with E-state index in [2.05, 4.69) is 5.10 Å². The fraction of sp³-hybridized carbons (Fsp3) is 0.100. The molecule has 0 aliphatic carbocycles. The fourth-order valence-electron chi connectivity index (χ4n) is 1.33. The lowest BCUT2D eigenvalue weighted by Crippen LogP contribution is -1.98. The van der Waals surface area contributed by atoms with E-state index in [4.69, 9.17) is 17.3 Å². The molecule has 0 bridgehead atoms. The summed E-state index contributed by atoms with van der Waals surface area (Å²) >= 11 is 5.59. The lowest BCUT2D eigenvalue weighted by molar-refractivity contribution is 0.629. The number of nitrogens with two attached hydrogens (primary N) is 1. The molecule has 0 atom stereocenters. The number of hydrogen-bond acceptors (Lipinski definition) is 2. The summed E-state index contributed by atoms with van der Waals surface area (Å²) in [6.45, 7) is 0. The molecule has 1 aromatic heterocycles. The molecule has 2 aromatic rings. The number of benzene rings is 1. The fourth-order valence-corrected chi connectivity index (χ4v) is 1.45. The Morgan fingerprint density at radius 2 is 2.20 bits per heavy atom. The van der Waals surface area contributed by atoms with Gasteiger partial charge in [0.2, 0.25) is 0 Å². The molecule has 2 N–H and O–H groups in total. The van der Waals surface area contributed by atoms with E-state index in [0.29, 0.717) is 16.9 Å². The first-order chi connectivity index (χ1) is 7.09. The predicted octanol–water partition coefficient (Wildman–Crippen LogP) is 2.46. The summed E-state index contributed by atoms with van der Waals surface area (Å²) in [7, 11) is 1.73. The first-order valence-corrected chi connectivity index (χ1v) is 4.70. The van der Waals surface area contributed by atoms with Gasteiger partial charge in [-0.25, -0.2) is 4.39 Å². The minimum Gasteiger partial charge on any atom is -0.383 e. The van der Waals surface area contributed by atoms with Gasteiger partial charge in [-0.05, 0) is 17.7 Å². The Morgan fingerprint density at radius 1 is 1.47 bits per heavy atom. The molecular weight excluding hydrogens is 217 g/mol. The molecule has 0 aliphatic heterocycles. The summed E-state index contributed by atoms with van der Waals surface area (Å²) in [4.78, 5) is 0. The smallest absolute Gasteiger partial charge is 0.142 e. The highest BCUT2D eigenvalue weighted by Gasteiger charge is 2.09. The Balaban J connectivity index is 2.55. The van der Waals surface area contributed by atoms with E-state index in [1.807, 2.05) is 0 Å². The molecule has 2 rings (SSSR count). The summed E-state index contributed by atoms with van der Waals surface area (Å²) in [5.41, 5.74) is 7.14. The lowest BCUT2D eigenvalue weighted by atomic mass is 10.1. The topological polar surface area (TPSA) is 43.8 Å². The molecule has 5 heteroatoms. The molecule has 0 amide bonds. The minimum absolute atomic E-state index is 0.0983. The van der Waals surface area contributed by atoms with Gasteiger partial charge in [-0.2, -0.15) is 5.10 Å². The van der Waals surface area contributed by atoms with E-state index >= 15 is 0 Å². The van der Waals surface area contributed by atoms with Gasteiger partial charge in [-0.3, -0.25) is 4.68 Å². The van der Waals surface area contributed by atoms with Crippen LogP contribution in [0.2, 0.25) is 5.02 Å². The lowest BCUT2D eigenvalue weighted by Gasteiger charge is -2.01. The zero-order chi connectivity index (χ0) is 11.0. The van der Waals surface area contributed by atoms with Crippen molar-refractivity contribution < 1.29 is 4.39 Å². The summed E-state index contributed by atoms with van der Waals surface area (Å²) in [5, 5.41) is 4.08. The highest BCUT2D eigenvalue weighted by molar-refractivity contribution is 6.30. The van der Waals surface area contributed by atoms with Crippen LogP contribution in [-0.4, -0.2) is 9.78 Å². The Hall–Kier alpha value is -1.55. The largest absolute Gasteiger partial charge is 0.383 e. The second kappa shape index (κ2) is 3.55. The highest BCUT2D eigenvalue weighted by atomic mass is 35.5. The van der Waals surface area contributed by atoms with Gasteiger partial charge >= 0.3 is 0 Å². The summed E-state index contributed by atoms with van der Waals surface area (Å²) in [5.74, 6) is 0.0362. The van der Waals surface area contributed by atoms with Crippen molar-refractivity contribution in [2.45, 2.75) is 0 Å². The van der Waals surface area contributed by atoms with Crippen LogP contribution in [0.5, 0.6) is 0 Å². The van der Waals surface area contributed by atoms with Gasteiger partial charge in [-0.1, -0.05) is 17.7 Å². The SMILES string of the molecule is Cn1ncc(-c2ccc(Cl)c(F)c2)c1N. The molecule has 0 saturated carbocycles. The van der Waals surface area contributed by atoms with E-state index < -0.39 is 5.82 Å². The first kappa shape index (κ1) is 9.98. The third-order valence-electron chi connectivity index (χ3n) is 2.22. The molecule has 15 heavy (non-hydrogen) atoms. The molecule has 0 radical (unpaired) electrons. The Morgan fingerprint density at radius 3 is 2.73 bits per heavy atom. The number of nitrogen functional groups attached to an aromatic ring is 1. The zero-order valence-electron chi connectivity index (χ0n) is 8.04. The van der Waals surface area contributed by atoms with Crippen LogP contribution in [0.15, 0.2) is 24.4 Å². The van der Waals surface area contributed by atoms with Gasteiger partial charge in [0, 0.05) is 12.6 Å². The van der Waals surface area contributed by atoms with E-state index in [1.165, 1.54) is 16.8 Å². The molecular formula is C10H9ClFN3. The number of rotatable bonds is 1. The highest BCUT2D eigenvalue weighted by Crippen LogP contribution is 2.27. The molecule has 0 spiro atoms. The Labute approximate surface area is 91.3 Å². The standard InChI is InChI=1S/C10H9ClFN3/c1-15-10(13)7(5-14-15)6-2-3-8(11)9(12)4-6/h2-5H,13H2,1H3. The van der Waals surface area contributed by atoms with Gasteiger partial charge in [-0.15, -0.1) is 0 Å². The quantitative estimate of drug-likeness (QED) is 0.810. The molecule has 3 nitrogen and oxygen atoms in total. The predicted molar refractivity (Wildman–Crippen MR) is 58.0 cm³/mol. The zero-order valence-corrected chi connectivity index (χ0v) is 8.79. The average Bonchev–Trinajstić information content (AvgIpc) is 2.53. The van der Waals surface area contributed by atoms with Crippen LogP contribution in [0.25, 0.3) is 11.1 Å². The minimum atomic E-state index is -0.461. The number of aromatic nitrogens is 2. The number of halogens is 2. The Kier molecular flexibility index (Phi) is 2.36. The van der Waals surface area contributed by atoms with Gasteiger partial charge in [0.05, 0.1) is 11.2 Å². The van der Waals surface area contributed by atoms with Crippen molar-refractivity contribution >= 4 is 17.4 Å². The molecule has 0 unspecified atom stereocenters. The van der Waals surface area contributed by atoms with Crippen molar-refractivity contribution in [1.29, 1.82) is 0 Å². The molecule has 0 fully saturated rings. The van der Waals surface area contributed by atoms with Gasteiger partial charge in [0.25, 0.3) is 0 Å². The maximum Gasteiger partial charge on any atom is 0.142 e. The van der Waals surface area contributed by atoms with Crippen molar-refractivity contribution in [2.24, 2.45) is 7.05 Å². The number of nitrogens with zero attached hydrogens (tertiary/aromatic N) is 2. The second-order valence-corrected chi connectivity index (χ2v) is 3.60. The van der Waals surface area contributed by atoms with Gasteiger partial charge in [0.15, 0.2) is 0 Å². The van der Waals surface area contributed by atoms with Crippen LogP contribution in [0, 0.1) is 5.82 Å².